The standard InChI is InChI=1S/C42H43FO6/c1-4-6-16-34-37(19-12-20-38(34)49-39-18-11-10-17-35(39)42(44)45-3)46-25-13-26-47-40-28-41(48-29-30-14-8-7-9-15-30)36(27-31(40)5-2)32-21-23-33(43)24-22-32/h7-12,14-15,17-24,27-28H,4-6,13,16,25-26,29H2,1-3H3. The zero-order valence-electron chi connectivity index (χ0n) is 28.4. The first kappa shape index (κ1) is 35.0. The quantitative estimate of drug-likeness (QED) is 0.0729. The molecule has 0 fully saturated rings. The van der Waals surface area contributed by atoms with Gasteiger partial charge in [-0.1, -0.05) is 80.9 Å². The molecule has 0 atom stereocenters. The van der Waals surface area contributed by atoms with E-state index in [0.717, 1.165) is 65.0 Å². The number of hydrogen-bond donors (Lipinski definition) is 0. The van der Waals surface area contributed by atoms with Crippen LogP contribution in [0.15, 0.2) is 109 Å². The van der Waals surface area contributed by atoms with Crippen molar-refractivity contribution in [2.24, 2.45) is 0 Å². The van der Waals surface area contributed by atoms with Crippen molar-refractivity contribution in [2.75, 3.05) is 20.3 Å². The van der Waals surface area contributed by atoms with Gasteiger partial charge in [0.2, 0.25) is 0 Å². The van der Waals surface area contributed by atoms with Crippen molar-refractivity contribution in [1.29, 1.82) is 0 Å². The number of carbonyl (C=O) groups is 1. The van der Waals surface area contributed by atoms with Crippen molar-refractivity contribution in [1.82, 2.24) is 0 Å². The lowest BCUT2D eigenvalue weighted by molar-refractivity contribution is 0.0598. The van der Waals surface area contributed by atoms with Gasteiger partial charge in [-0.15, -0.1) is 0 Å². The van der Waals surface area contributed by atoms with E-state index >= 15 is 0 Å². The molecule has 49 heavy (non-hydrogen) atoms. The summed E-state index contributed by atoms with van der Waals surface area (Å²) < 4.78 is 43.9. The largest absolute Gasteiger partial charge is 0.493 e. The molecule has 7 heteroatoms. The van der Waals surface area contributed by atoms with Gasteiger partial charge in [-0.05, 0) is 78.4 Å². The van der Waals surface area contributed by atoms with Gasteiger partial charge >= 0.3 is 5.97 Å². The van der Waals surface area contributed by atoms with Crippen molar-refractivity contribution in [2.45, 2.75) is 52.6 Å². The van der Waals surface area contributed by atoms with E-state index in [-0.39, 0.29) is 5.82 Å². The van der Waals surface area contributed by atoms with Crippen molar-refractivity contribution in [3.8, 4) is 39.9 Å². The molecule has 5 aromatic carbocycles. The highest BCUT2D eigenvalue weighted by Crippen LogP contribution is 2.38. The number of hydrogen-bond acceptors (Lipinski definition) is 6. The van der Waals surface area contributed by atoms with E-state index in [9.17, 15) is 9.18 Å². The predicted octanol–water partition coefficient (Wildman–Crippen LogP) is 10.4. The van der Waals surface area contributed by atoms with Crippen LogP contribution in [0.1, 0.15) is 60.2 Å². The number of aryl methyl sites for hydroxylation is 1. The van der Waals surface area contributed by atoms with Crippen LogP contribution < -0.4 is 18.9 Å². The van der Waals surface area contributed by atoms with Crippen molar-refractivity contribution >= 4 is 5.97 Å². The molecule has 6 nitrogen and oxygen atoms in total. The van der Waals surface area contributed by atoms with Gasteiger partial charge in [-0.25, -0.2) is 9.18 Å². The van der Waals surface area contributed by atoms with Gasteiger partial charge in [-0.2, -0.15) is 0 Å². The molecule has 0 aliphatic heterocycles. The number of para-hydroxylation sites is 1. The number of rotatable bonds is 17. The van der Waals surface area contributed by atoms with Gasteiger partial charge in [0.05, 0.1) is 20.3 Å². The molecule has 0 bridgehead atoms. The SMILES string of the molecule is CCCCc1c(OCCCOc2cc(OCc3ccccc3)c(-c3ccc(F)cc3)cc2CC)cccc1Oc1ccccc1C(=O)OC. The van der Waals surface area contributed by atoms with E-state index in [1.807, 2.05) is 60.7 Å². The van der Waals surface area contributed by atoms with Crippen LogP contribution in [0.25, 0.3) is 11.1 Å². The molecular formula is C42H43FO6. The van der Waals surface area contributed by atoms with Crippen molar-refractivity contribution in [3.63, 3.8) is 0 Å². The summed E-state index contributed by atoms with van der Waals surface area (Å²) in [6.45, 7) is 5.50. The molecule has 0 amide bonds. The van der Waals surface area contributed by atoms with Gasteiger partial charge in [0.15, 0.2) is 0 Å². The first-order chi connectivity index (χ1) is 24.0. The summed E-state index contributed by atoms with van der Waals surface area (Å²) >= 11 is 0. The summed E-state index contributed by atoms with van der Waals surface area (Å²) in [4.78, 5) is 12.3. The molecule has 5 rings (SSSR count). The van der Waals surface area contributed by atoms with Crippen LogP contribution in [-0.2, 0) is 24.2 Å². The molecule has 0 saturated carbocycles. The molecule has 0 aliphatic rings. The molecule has 0 spiro atoms. The number of esters is 1. The summed E-state index contributed by atoms with van der Waals surface area (Å²) in [5.74, 6) is 2.51. The Hall–Kier alpha value is -5.30. The van der Waals surface area contributed by atoms with Gasteiger partial charge in [0.25, 0.3) is 0 Å². The van der Waals surface area contributed by atoms with Gasteiger partial charge < -0.3 is 23.7 Å². The number of carbonyl (C=O) groups excluding carboxylic acids is 1. The molecule has 0 aliphatic carbocycles. The minimum absolute atomic E-state index is 0.283. The zero-order chi connectivity index (χ0) is 34.4. The Morgan fingerprint density at radius 3 is 2.10 bits per heavy atom. The van der Waals surface area contributed by atoms with Gasteiger partial charge in [0, 0.05) is 23.6 Å². The maximum atomic E-state index is 13.7. The molecular weight excluding hydrogens is 619 g/mol. The van der Waals surface area contributed by atoms with Crippen LogP contribution in [0.5, 0.6) is 28.7 Å². The van der Waals surface area contributed by atoms with E-state index in [4.69, 9.17) is 23.7 Å². The lowest BCUT2D eigenvalue weighted by Gasteiger charge is -2.18. The highest BCUT2D eigenvalue weighted by Gasteiger charge is 2.18. The molecule has 0 heterocycles. The Balaban J connectivity index is 1.28. The second-order valence-corrected chi connectivity index (χ2v) is 11.6. The van der Waals surface area contributed by atoms with Crippen LogP contribution >= 0.6 is 0 Å². The fraction of sp³-hybridized carbons (Fsp3) is 0.262. The summed E-state index contributed by atoms with van der Waals surface area (Å²) in [6.07, 6.45) is 4.14. The lowest BCUT2D eigenvalue weighted by atomic mass is 10.00. The molecule has 254 valence electrons. The second kappa shape index (κ2) is 17.7. The number of unbranched alkanes of at least 4 members (excludes halogenated alkanes) is 1. The van der Waals surface area contributed by atoms with Crippen molar-refractivity contribution < 1.29 is 32.9 Å². The third kappa shape index (κ3) is 9.41. The molecule has 0 saturated heterocycles. The molecule has 0 radical (unpaired) electrons. The first-order valence-corrected chi connectivity index (χ1v) is 16.8. The van der Waals surface area contributed by atoms with Gasteiger partial charge in [-0.3, -0.25) is 0 Å². The average molecular weight is 663 g/mol. The van der Waals surface area contributed by atoms with E-state index in [0.29, 0.717) is 49.1 Å². The van der Waals surface area contributed by atoms with Crippen LogP contribution in [0.3, 0.4) is 0 Å². The predicted molar refractivity (Wildman–Crippen MR) is 191 cm³/mol. The molecule has 0 aromatic heterocycles. The fourth-order valence-corrected chi connectivity index (χ4v) is 5.48. The Labute approximate surface area is 288 Å². The van der Waals surface area contributed by atoms with E-state index < -0.39 is 5.97 Å². The van der Waals surface area contributed by atoms with Crippen molar-refractivity contribution in [3.05, 3.63) is 137 Å². The lowest BCUT2D eigenvalue weighted by Crippen LogP contribution is -2.08. The summed E-state index contributed by atoms with van der Waals surface area (Å²) in [5, 5.41) is 0. The Bertz CT molecular complexity index is 1800. The van der Waals surface area contributed by atoms with Crippen LogP contribution in [-0.4, -0.2) is 26.3 Å². The number of halogens is 1. The first-order valence-electron chi connectivity index (χ1n) is 16.8. The van der Waals surface area contributed by atoms with E-state index in [2.05, 4.69) is 19.9 Å². The number of ether oxygens (including phenoxy) is 5. The zero-order valence-corrected chi connectivity index (χ0v) is 28.4. The van der Waals surface area contributed by atoms with Gasteiger partial charge in [0.1, 0.15) is 46.7 Å². The topological polar surface area (TPSA) is 63.2 Å². The Kier molecular flexibility index (Phi) is 12.7. The molecule has 0 unspecified atom stereocenters. The fourth-order valence-electron chi connectivity index (χ4n) is 5.48. The van der Waals surface area contributed by atoms with Crippen LogP contribution in [0, 0.1) is 5.82 Å². The maximum Gasteiger partial charge on any atom is 0.341 e. The second-order valence-electron chi connectivity index (χ2n) is 11.6. The van der Waals surface area contributed by atoms with E-state index in [1.165, 1.54) is 19.2 Å². The highest BCUT2D eigenvalue weighted by molar-refractivity contribution is 5.92. The number of methoxy groups -OCH3 is 1. The summed E-state index contributed by atoms with van der Waals surface area (Å²) in [5.41, 5.74) is 5.16. The third-order valence-electron chi connectivity index (χ3n) is 8.12. The molecule has 5 aromatic rings. The Morgan fingerprint density at radius 2 is 1.37 bits per heavy atom. The Morgan fingerprint density at radius 1 is 0.673 bits per heavy atom. The van der Waals surface area contributed by atoms with Crippen LogP contribution in [0.4, 0.5) is 4.39 Å². The monoisotopic (exact) mass is 662 g/mol. The summed E-state index contributed by atoms with van der Waals surface area (Å²) in [7, 11) is 1.36. The third-order valence-corrected chi connectivity index (χ3v) is 8.12. The summed E-state index contributed by atoms with van der Waals surface area (Å²) in [6, 6.07) is 33.2. The van der Waals surface area contributed by atoms with E-state index in [1.54, 1.807) is 30.3 Å². The highest BCUT2D eigenvalue weighted by atomic mass is 19.1. The average Bonchev–Trinajstić information content (AvgIpc) is 3.14. The minimum Gasteiger partial charge on any atom is -0.493 e. The maximum absolute atomic E-state index is 13.7. The normalized spacial score (nSPS) is 10.8. The van der Waals surface area contributed by atoms with Crippen LogP contribution in [0.2, 0.25) is 0 Å². The number of benzene rings is 5. The minimum atomic E-state index is -0.454. The smallest absolute Gasteiger partial charge is 0.341 e. The molecule has 0 N–H and O–H groups in total.